The molecule has 0 bridgehead atoms. The number of nitrogens with one attached hydrogen (secondary N) is 1. The van der Waals surface area contributed by atoms with Crippen molar-refractivity contribution < 1.29 is 14.2 Å². The summed E-state index contributed by atoms with van der Waals surface area (Å²) in [5, 5.41) is 8.55. The Labute approximate surface area is 161 Å². The number of hydrogen-bond donors (Lipinski definition) is 1. The monoisotopic (exact) mass is 377 g/mol. The molecular weight excluding hydrogens is 358 g/mol. The number of hydrogen-bond acceptors (Lipinski definition) is 7. The van der Waals surface area contributed by atoms with E-state index in [0.29, 0.717) is 28.7 Å². The highest BCUT2D eigenvalue weighted by atomic mass is 16.5. The number of fused-ring (bicyclic) bond motifs is 1. The second-order valence-electron chi connectivity index (χ2n) is 5.89. The highest BCUT2D eigenvalue weighted by Crippen LogP contribution is 2.40. The minimum Gasteiger partial charge on any atom is -0.493 e. The minimum absolute atomic E-state index is 0.528. The maximum absolute atomic E-state index is 5.41. The van der Waals surface area contributed by atoms with Gasteiger partial charge in [-0.15, -0.1) is 0 Å². The minimum atomic E-state index is 0.528. The SMILES string of the molecule is COc1cc(Nc2ncnc3c2cnn3-c2ccccc2)cc(OC)c1OC. The van der Waals surface area contributed by atoms with Crippen LogP contribution in [0, 0.1) is 0 Å². The van der Waals surface area contributed by atoms with Crippen LogP contribution in [0.15, 0.2) is 55.0 Å². The second kappa shape index (κ2) is 7.43. The molecule has 2 heterocycles. The quantitative estimate of drug-likeness (QED) is 0.550. The van der Waals surface area contributed by atoms with Gasteiger partial charge in [-0.05, 0) is 12.1 Å². The van der Waals surface area contributed by atoms with E-state index in [1.165, 1.54) is 6.33 Å². The van der Waals surface area contributed by atoms with Gasteiger partial charge in [-0.25, -0.2) is 14.6 Å². The summed E-state index contributed by atoms with van der Waals surface area (Å²) in [5.41, 5.74) is 2.37. The average Bonchev–Trinajstić information content (AvgIpc) is 3.19. The van der Waals surface area contributed by atoms with Gasteiger partial charge in [0.2, 0.25) is 5.75 Å². The van der Waals surface area contributed by atoms with Crippen molar-refractivity contribution in [1.29, 1.82) is 0 Å². The number of methoxy groups -OCH3 is 3. The third-order valence-corrected chi connectivity index (χ3v) is 4.29. The van der Waals surface area contributed by atoms with E-state index < -0.39 is 0 Å². The molecule has 0 atom stereocenters. The second-order valence-corrected chi connectivity index (χ2v) is 5.89. The number of benzene rings is 2. The van der Waals surface area contributed by atoms with Crippen molar-refractivity contribution in [2.45, 2.75) is 0 Å². The van der Waals surface area contributed by atoms with E-state index in [4.69, 9.17) is 14.2 Å². The number of anilines is 2. The zero-order valence-electron chi connectivity index (χ0n) is 15.7. The van der Waals surface area contributed by atoms with Crippen LogP contribution in [-0.2, 0) is 0 Å². The first kappa shape index (κ1) is 17.6. The Balaban J connectivity index is 1.76. The van der Waals surface area contributed by atoms with Crippen molar-refractivity contribution in [2.75, 3.05) is 26.6 Å². The summed E-state index contributed by atoms with van der Waals surface area (Å²) in [5.74, 6) is 2.26. The molecule has 4 rings (SSSR count). The van der Waals surface area contributed by atoms with Crippen LogP contribution in [0.4, 0.5) is 11.5 Å². The molecule has 2 aromatic carbocycles. The zero-order chi connectivity index (χ0) is 19.5. The van der Waals surface area contributed by atoms with Gasteiger partial charge < -0.3 is 19.5 Å². The van der Waals surface area contributed by atoms with E-state index in [-0.39, 0.29) is 0 Å². The van der Waals surface area contributed by atoms with Crippen LogP contribution in [0.1, 0.15) is 0 Å². The van der Waals surface area contributed by atoms with Crippen molar-refractivity contribution in [3.05, 3.63) is 55.0 Å². The van der Waals surface area contributed by atoms with Gasteiger partial charge in [0.1, 0.15) is 12.1 Å². The molecule has 0 saturated carbocycles. The lowest BCUT2D eigenvalue weighted by Crippen LogP contribution is -2.00. The van der Waals surface area contributed by atoms with Gasteiger partial charge in [0, 0.05) is 17.8 Å². The van der Waals surface area contributed by atoms with Gasteiger partial charge in [0.05, 0.1) is 38.6 Å². The third-order valence-electron chi connectivity index (χ3n) is 4.29. The molecule has 2 aromatic heterocycles. The van der Waals surface area contributed by atoms with Crippen molar-refractivity contribution in [3.8, 4) is 22.9 Å². The summed E-state index contributed by atoms with van der Waals surface area (Å²) in [6.07, 6.45) is 3.24. The molecule has 0 aliphatic rings. The summed E-state index contributed by atoms with van der Waals surface area (Å²) in [6.45, 7) is 0. The van der Waals surface area contributed by atoms with E-state index in [2.05, 4.69) is 20.4 Å². The normalized spacial score (nSPS) is 10.7. The maximum atomic E-state index is 5.41. The molecule has 142 valence electrons. The lowest BCUT2D eigenvalue weighted by atomic mass is 10.2. The molecule has 0 aliphatic heterocycles. The number of rotatable bonds is 6. The standard InChI is InChI=1S/C20H19N5O3/c1-26-16-9-13(10-17(27-2)18(16)28-3)24-19-15-11-23-25(20(15)22-12-21-19)14-7-5-4-6-8-14/h4-12H,1-3H3,(H,21,22,24). The average molecular weight is 377 g/mol. The number of ether oxygens (including phenoxy) is 3. The fraction of sp³-hybridized carbons (Fsp3) is 0.150. The summed E-state index contributed by atoms with van der Waals surface area (Å²) in [7, 11) is 4.72. The van der Waals surface area contributed by atoms with Gasteiger partial charge in [-0.1, -0.05) is 18.2 Å². The van der Waals surface area contributed by atoms with E-state index in [1.807, 2.05) is 42.5 Å². The number of para-hydroxylation sites is 1. The lowest BCUT2D eigenvalue weighted by Gasteiger charge is -2.15. The van der Waals surface area contributed by atoms with Crippen LogP contribution >= 0.6 is 0 Å². The van der Waals surface area contributed by atoms with Crippen molar-refractivity contribution in [1.82, 2.24) is 19.7 Å². The molecule has 1 N–H and O–H groups in total. The first-order chi connectivity index (χ1) is 13.7. The molecule has 0 unspecified atom stereocenters. The maximum Gasteiger partial charge on any atom is 0.203 e. The molecule has 0 radical (unpaired) electrons. The van der Waals surface area contributed by atoms with Crippen LogP contribution in [-0.4, -0.2) is 41.1 Å². The molecule has 0 spiro atoms. The van der Waals surface area contributed by atoms with Gasteiger partial charge in [0.25, 0.3) is 0 Å². The fourth-order valence-corrected chi connectivity index (χ4v) is 2.99. The van der Waals surface area contributed by atoms with Crippen LogP contribution in [0.2, 0.25) is 0 Å². The number of aromatic nitrogens is 4. The lowest BCUT2D eigenvalue weighted by molar-refractivity contribution is 0.324. The van der Waals surface area contributed by atoms with Gasteiger partial charge in [0.15, 0.2) is 17.1 Å². The molecule has 0 amide bonds. The van der Waals surface area contributed by atoms with Gasteiger partial charge in [-0.3, -0.25) is 0 Å². The Bertz CT molecular complexity index is 1090. The Morgan fingerprint density at radius 2 is 1.61 bits per heavy atom. The Hall–Kier alpha value is -3.81. The predicted molar refractivity (Wildman–Crippen MR) is 106 cm³/mol. The highest BCUT2D eigenvalue weighted by Gasteiger charge is 2.15. The fourth-order valence-electron chi connectivity index (χ4n) is 2.99. The van der Waals surface area contributed by atoms with E-state index >= 15 is 0 Å². The molecule has 28 heavy (non-hydrogen) atoms. The van der Waals surface area contributed by atoms with E-state index in [1.54, 1.807) is 32.2 Å². The van der Waals surface area contributed by atoms with Gasteiger partial charge >= 0.3 is 0 Å². The van der Waals surface area contributed by atoms with Crippen molar-refractivity contribution in [3.63, 3.8) is 0 Å². The summed E-state index contributed by atoms with van der Waals surface area (Å²) >= 11 is 0. The topological polar surface area (TPSA) is 83.3 Å². The molecule has 4 aromatic rings. The highest BCUT2D eigenvalue weighted by molar-refractivity contribution is 5.89. The smallest absolute Gasteiger partial charge is 0.203 e. The molecule has 8 nitrogen and oxygen atoms in total. The van der Waals surface area contributed by atoms with Crippen LogP contribution < -0.4 is 19.5 Å². The summed E-state index contributed by atoms with van der Waals surface area (Å²) in [4.78, 5) is 8.77. The predicted octanol–water partition coefficient (Wildman–Crippen LogP) is 3.58. The van der Waals surface area contributed by atoms with Crippen molar-refractivity contribution >= 4 is 22.5 Å². The molecule has 8 heteroatoms. The zero-order valence-corrected chi connectivity index (χ0v) is 15.7. The van der Waals surface area contributed by atoms with E-state index in [9.17, 15) is 0 Å². The van der Waals surface area contributed by atoms with Crippen LogP contribution in [0.3, 0.4) is 0 Å². The number of nitrogens with zero attached hydrogens (tertiary/aromatic N) is 4. The third kappa shape index (κ3) is 3.05. The molecular formula is C20H19N5O3. The molecule has 0 aliphatic carbocycles. The molecule has 0 fully saturated rings. The first-order valence-corrected chi connectivity index (χ1v) is 8.56. The summed E-state index contributed by atoms with van der Waals surface area (Å²) in [6, 6.07) is 13.5. The first-order valence-electron chi connectivity index (χ1n) is 8.56. The Morgan fingerprint density at radius 1 is 0.893 bits per heavy atom. The summed E-state index contributed by atoms with van der Waals surface area (Å²) < 4.78 is 18.0. The van der Waals surface area contributed by atoms with Crippen LogP contribution in [0.25, 0.3) is 16.7 Å². The van der Waals surface area contributed by atoms with Crippen molar-refractivity contribution in [2.24, 2.45) is 0 Å². The largest absolute Gasteiger partial charge is 0.493 e. The van der Waals surface area contributed by atoms with E-state index in [0.717, 1.165) is 16.8 Å². The van der Waals surface area contributed by atoms with Gasteiger partial charge in [-0.2, -0.15) is 5.10 Å². The Kier molecular flexibility index (Phi) is 4.67. The Morgan fingerprint density at radius 3 is 2.25 bits per heavy atom. The molecule has 0 saturated heterocycles. The van der Waals surface area contributed by atoms with Crippen LogP contribution in [0.5, 0.6) is 17.2 Å².